The molecule has 1 aliphatic heterocycles. The first-order chi connectivity index (χ1) is 10.7. The minimum atomic E-state index is -1.35. The number of aromatic nitrogens is 1. The molecule has 1 N–H and O–H groups in total. The lowest BCUT2D eigenvalue weighted by Gasteiger charge is -2.36. The van der Waals surface area contributed by atoms with Crippen LogP contribution in [0.3, 0.4) is 0 Å². The van der Waals surface area contributed by atoms with Gasteiger partial charge in [-0.25, -0.2) is 14.6 Å². The lowest BCUT2D eigenvalue weighted by molar-refractivity contribution is 0.0240. The van der Waals surface area contributed by atoms with Gasteiger partial charge >= 0.3 is 12.1 Å². The number of anilines is 1. The Balaban J connectivity index is 1.98. The van der Waals surface area contributed by atoms with Crippen LogP contribution in [0.5, 0.6) is 0 Å². The molecule has 0 saturated carbocycles. The molecule has 0 aromatic carbocycles. The fourth-order valence-electron chi connectivity index (χ4n) is 2.20. The zero-order valence-electron chi connectivity index (χ0n) is 13.4. The van der Waals surface area contributed by atoms with Gasteiger partial charge in [-0.15, -0.1) is 0 Å². The molecule has 0 radical (unpaired) electrons. The molecule has 0 aliphatic carbocycles. The number of carbonyl (C=O) groups is 2. The Bertz CT molecular complexity index is 607. The fourth-order valence-corrected chi connectivity index (χ4v) is 2.20. The van der Waals surface area contributed by atoms with Crippen LogP contribution in [0.2, 0.25) is 0 Å². The van der Waals surface area contributed by atoms with Crippen LogP contribution < -0.4 is 4.90 Å². The Hall–Kier alpha value is -2.38. The smallest absolute Gasteiger partial charge is 0.410 e. The Labute approximate surface area is 133 Å². The Morgan fingerprint density at radius 2 is 1.83 bits per heavy atom. The highest BCUT2D eigenvalue weighted by Gasteiger charge is 2.26. The van der Waals surface area contributed by atoms with Crippen LogP contribution in [0.1, 0.15) is 31.1 Å². The number of piperazine rings is 1. The summed E-state index contributed by atoms with van der Waals surface area (Å²) in [5.74, 6) is -2.00. The second-order valence-electron chi connectivity index (χ2n) is 6.27. The van der Waals surface area contributed by atoms with Crippen molar-refractivity contribution in [2.45, 2.75) is 26.4 Å². The van der Waals surface area contributed by atoms with E-state index in [1.54, 1.807) is 30.6 Å². The number of amides is 1. The maximum absolute atomic E-state index is 13.6. The highest BCUT2D eigenvalue weighted by atomic mass is 19.1. The van der Waals surface area contributed by atoms with Crippen molar-refractivity contribution in [1.82, 2.24) is 9.88 Å². The average molecular weight is 325 g/mol. The monoisotopic (exact) mass is 325 g/mol. The van der Waals surface area contributed by atoms with E-state index in [0.29, 0.717) is 32.0 Å². The van der Waals surface area contributed by atoms with Gasteiger partial charge in [0.15, 0.2) is 0 Å². The number of ether oxygens (including phenoxy) is 1. The highest BCUT2D eigenvalue weighted by Crippen LogP contribution is 2.18. The molecule has 1 fully saturated rings. The third-order valence-electron chi connectivity index (χ3n) is 3.32. The second kappa shape index (κ2) is 6.39. The first-order valence-corrected chi connectivity index (χ1v) is 7.30. The van der Waals surface area contributed by atoms with Crippen LogP contribution in [0.15, 0.2) is 12.1 Å². The molecule has 1 aromatic heterocycles. The van der Waals surface area contributed by atoms with Gasteiger partial charge in [0.1, 0.15) is 17.0 Å². The molecule has 7 nitrogen and oxygen atoms in total. The van der Waals surface area contributed by atoms with E-state index >= 15 is 0 Å². The minimum absolute atomic E-state index is 0.358. The molecule has 23 heavy (non-hydrogen) atoms. The normalized spacial score (nSPS) is 15.5. The number of hydrogen-bond acceptors (Lipinski definition) is 5. The fraction of sp³-hybridized carbons (Fsp3) is 0.533. The molecule has 0 bridgehead atoms. The summed E-state index contributed by atoms with van der Waals surface area (Å²) < 4.78 is 19.0. The van der Waals surface area contributed by atoms with E-state index in [4.69, 9.17) is 9.84 Å². The average Bonchev–Trinajstić information content (AvgIpc) is 2.45. The van der Waals surface area contributed by atoms with Crippen molar-refractivity contribution in [3.05, 3.63) is 23.6 Å². The van der Waals surface area contributed by atoms with Gasteiger partial charge in [0, 0.05) is 26.2 Å². The van der Waals surface area contributed by atoms with Crippen molar-refractivity contribution in [2.75, 3.05) is 31.1 Å². The predicted octanol–water partition coefficient (Wildman–Crippen LogP) is 1.98. The first kappa shape index (κ1) is 17.0. The summed E-state index contributed by atoms with van der Waals surface area (Å²) in [5, 5.41) is 8.80. The Morgan fingerprint density at radius 1 is 1.22 bits per heavy atom. The van der Waals surface area contributed by atoms with Crippen LogP contribution in [-0.2, 0) is 4.74 Å². The van der Waals surface area contributed by atoms with Crippen molar-refractivity contribution >= 4 is 17.9 Å². The number of pyridine rings is 1. The van der Waals surface area contributed by atoms with Crippen LogP contribution >= 0.6 is 0 Å². The quantitative estimate of drug-likeness (QED) is 0.837. The molecular weight excluding hydrogens is 305 g/mol. The van der Waals surface area contributed by atoms with E-state index in [9.17, 15) is 14.0 Å². The van der Waals surface area contributed by atoms with Crippen molar-refractivity contribution in [1.29, 1.82) is 0 Å². The Kier molecular flexibility index (Phi) is 4.72. The van der Waals surface area contributed by atoms with E-state index in [-0.39, 0.29) is 6.09 Å². The molecule has 1 saturated heterocycles. The van der Waals surface area contributed by atoms with Gasteiger partial charge < -0.3 is 19.6 Å². The standard InChI is InChI=1S/C15H20FN3O4/c1-15(2,3)23-14(22)19-8-6-18(7-9-19)11-5-4-10(13(20)21)12(16)17-11/h4-5H,6-9H2,1-3H3,(H,20,21). The summed E-state index contributed by atoms with van der Waals surface area (Å²) in [6.07, 6.45) is -0.377. The first-order valence-electron chi connectivity index (χ1n) is 7.30. The van der Waals surface area contributed by atoms with E-state index in [0.717, 1.165) is 0 Å². The van der Waals surface area contributed by atoms with Crippen molar-refractivity contribution in [3.63, 3.8) is 0 Å². The molecule has 1 amide bonds. The van der Waals surface area contributed by atoms with Crippen molar-refractivity contribution < 1.29 is 23.8 Å². The number of rotatable bonds is 2. The topological polar surface area (TPSA) is 83.0 Å². The van der Waals surface area contributed by atoms with Gasteiger partial charge in [0.25, 0.3) is 0 Å². The van der Waals surface area contributed by atoms with Crippen LogP contribution in [0.25, 0.3) is 0 Å². The lowest BCUT2D eigenvalue weighted by Crippen LogP contribution is -2.50. The molecular formula is C15H20FN3O4. The van der Waals surface area contributed by atoms with Gasteiger partial charge in [-0.05, 0) is 32.9 Å². The molecule has 1 aliphatic rings. The third kappa shape index (κ3) is 4.30. The maximum atomic E-state index is 13.6. The number of carboxylic acids is 1. The molecule has 0 spiro atoms. The van der Waals surface area contributed by atoms with Crippen molar-refractivity contribution in [3.8, 4) is 0 Å². The van der Waals surface area contributed by atoms with Gasteiger partial charge in [-0.3, -0.25) is 0 Å². The minimum Gasteiger partial charge on any atom is -0.478 e. The van der Waals surface area contributed by atoms with Crippen LogP contribution in [0, 0.1) is 5.95 Å². The summed E-state index contributed by atoms with van der Waals surface area (Å²) in [6.45, 7) is 7.21. The van der Waals surface area contributed by atoms with Gasteiger partial charge in [-0.2, -0.15) is 4.39 Å². The highest BCUT2D eigenvalue weighted by molar-refractivity contribution is 5.87. The van der Waals surface area contributed by atoms with E-state index in [1.807, 2.05) is 0 Å². The largest absolute Gasteiger partial charge is 0.478 e. The number of halogens is 1. The third-order valence-corrected chi connectivity index (χ3v) is 3.32. The lowest BCUT2D eigenvalue weighted by atomic mass is 10.2. The van der Waals surface area contributed by atoms with Gasteiger partial charge in [0.2, 0.25) is 5.95 Å². The molecule has 126 valence electrons. The maximum Gasteiger partial charge on any atom is 0.410 e. The number of carboxylic acid groups (broad SMARTS) is 1. The van der Waals surface area contributed by atoms with Crippen molar-refractivity contribution in [2.24, 2.45) is 0 Å². The SMILES string of the molecule is CC(C)(C)OC(=O)N1CCN(c2ccc(C(=O)O)c(F)n2)CC1. The summed E-state index contributed by atoms with van der Waals surface area (Å²) >= 11 is 0. The zero-order valence-corrected chi connectivity index (χ0v) is 13.4. The number of nitrogens with zero attached hydrogens (tertiary/aromatic N) is 3. The molecule has 1 aromatic rings. The number of aromatic carboxylic acids is 1. The van der Waals surface area contributed by atoms with Crippen LogP contribution in [0.4, 0.5) is 15.0 Å². The molecule has 2 rings (SSSR count). The zero-order chi connectivity index (χ0) is 17.2. The van der Waals surface area contributed by atoms with Gasteiger partial charge in [-0.1, -0.05) is 0 Å². The summed E-state index contributed by atoms with van der Waals surface area (Å²) in [6, 6.07) is 2.66. The van der Waals surface area contributed by atoms with E-state index in [1.165, 1.54) is 12.1 Å². The summed E-state index contributed by atoms with van der Waals surface area (Å²) in [4.78, 5) is 29.8. The predicted molar refractivity (Wildman–Crippen MR) is 81.2 cm³/mol. The summed E-state index contributed by atoms with van der Waals surface area (Å²) in [5.41, 5.74) is -1.01. The molecule has 0 atom stereocenters. The van der Waals surface area contributed by atoms with E-state index < -0.39 is 23.1 Å². The molecule has 8 heteroatoms. The molecule has 0 unspecified atom stereocenters. The Morgan fingerprint density at radius 3 is 2.30 bits per heavy atom. The number of hydrogen-bond donors (Lipinski definition) is 1. The second-order valence-corrected chi connectivity index (χ2v) is 6.27. The van der Waals surface area contributed by atoms with Crippen LogP contribution in [-0.4, -0.2) is 58.8 Å². The van der Waals surface area contributed by atoms with Gasteiger partial charge in [0.05, 0.1) is 0 Å². The molecule has 2 heterocycles. The summed E-state index contributed by atoms with van der Waals surface area (Å²) in [7, 11) is 0. The van der Waals surface area contributed by atoms with E-state index in [2.05, 4.69) is 4.98 Å². The number of carbonyl (C=O) groups excluding carboxylic acids is 1.